The molecular weight excluding hydrogens is 292 g/mol. The number of nitrogens with one attached hydrogen (secondary N) is 1. The van der Waals surface area contributed by atoms with Crippen molar-refractivity contribution in [2.75, 3.05) is 0 Å². The van der Waals surface area contributed by atoms with Crippen molar-refractivity contribution in [1.29, 1.82) is 0 Å². The Morgan fingerprint density at radius 3 is 2.24 bits per heavy atom. The Hall–Kier alpha value is -1.49. The molecule has 1 rings (SSSR count). The number of aliphatic carboxylic acids is 1. The second-order valence-corrected chi connectivity index (χ2v) is 6.99. The van der Waals surface area contributed by atoms with Gasteiger partial charge in [-0.3, -0.25) is 9.59 Å². The molecule has 1 aromatic rings. The lowest BCUT2D eigenvalue weighted by atomic mass is 9.74. The van der Waals surface area contributed by atoms with Crippen LogP contribution in [0.25, 0.3) is 0 Å². The van der Waals surface area contributed by atoms with Crippen LogP contribution in [0.4, 0.5) is 0 Å². The fraction of sp³-hybridized carbons (Fsp3) is 0.600. The molecule has 1 amide bonds. The van der Waals surface area contributed by atoms with Gasteiger partial charge in [-0.2, -0.15) is 0 Å². The molecule has 118 valence electrons. The average Bonchev–Trinajstić information content (AvgIpc) is 2.70. The Kier molecular flexibility index (Phi) is 4.78. The van der Waals surface area contributed by atoms with Crippen LogP contribution in [0.15, 0.2) is 12.3 Å². The monoisotopic (exact) mass is 314 g/mol. The summed E-state index contributed by atoms with van der Waals surface area (Å²) in [6, 6.07) is 1.66. The van der Waals surface area contributed by atoms with E-state index < -0.39 is 16.9 Å². The van der Waals surface area contributed by atoms with E-state index in [0.29, 0.717) is 10.7 Å². The first-order valence-corrected chi connectivity index (χ1v) is 7.21. The molecule has 2 N–H and O–H groups in total. The van der Waals surface area contributed by atoms with E-state index in [1.165, 1.54) is 0 Å². The number of carboxylic acid groups (broad SMARTS) is 1. The Morgan fingerprint density at radius 1 is 1.29 bits per heavy atom. The SMILES string of the molecule is CC(C)n1cc(Cl)cc1C(=O)NC(C)(C)C(C)(C)C(=O)O. The summed E-state index contributed by atoms with van der Waals surface area (Å²) in [5, 5.41) is 12.6. The molecule has 0 fully saturated rings. The molecule has 0 unspecified atom stereocenters. The van der Waals surface area contributed by atoms with E-state index in [-0.39, 0.29) is 11.9 Å². The van der Waals surface area contributed by atoms with Gasteiger partial charge in [-0.15, -0.1) is 0 Å². The molecule has 0 saturated carbocycles. The molecule has 1 aromatic heterocycles. The van der Waals surface area contributed by atoms with Crippen molar-refractivity contribution in [3.63, 3.8) is 0 Å². The van der Waals surface area contributed by atoms with Crippen LogP contribution in [0.3, 0.4) is 0 Å². The van der Waals surface area contributed by atoms with Gasteiger partial charge in [0.1, 0.15) is 5.69 Å². The van der Waals surface area contributed by atoms with Crippen molar-refractivity contribution < 1.29 is 14.7 Å². The van der Waals surface area contributed by atoms with Gasteiger partial charge in [0.2, 0.25) is 0 Å². The van der Waals surface area contributed by atoms with Crippen LogP contribution in [0.5, 0.6) is 0 Å². The van der Waals surface area contributed by atoms with E-state index in [9.17, 15) is 14.7 Å². The Bertz CT molecular complexity index is 559. The fourth-order valence-corrected chi connectivity index (χ4v) is 2.03. The predicted molar refractivity (Wildman–Crippen MR) is 82.8 cm³/mol. The Labute approximate surface area is 130 Å². The van der Waals surface area contributed by atoms with Crippen molar-refractivity contribution in [3.05, 3.63) is 23.0 Å². The van der Waals surface area contributed by atoms with Crippen LogP contribution in [-0.4, -0.2) is 27.1 Å². The zero-order valence-electron chi connectivity index (χ0n) is 13.3. The average molecular weight is 315 g/mol. The highest BCUT2D eigenvalue weighted by Gasteiger charge is 2.44. The third kappa shape index (κ3) is 3.40. The molecule has 0 aliphatic heterocycles. The molecule has 5 nitrogen and oxygen atoms in total. The lowest BCUT2D eigenvalue weighted by Crippen LogP contribution is -2.57. The summed E-state index contributed by atoms with van der Waals surface area (Å²) in [6.45, 7) is 10.5. The maximum Gasteiger partial charge on any atom is 0.311 e. The molecule has 1 heterocycles. The van der Waals surface area contributed by atoms with Crippen LogP contribution < -0.4 is 5.32 Å². The maximum absolute atomic E-state index is 12.5. The smallest absolute Gasteiger partial charge is 0.311 e. The third-order valence-corrected chi connectivity index (χ3v) is 4.33. The highest BCUT2D eigenvalue weighted by atomic mass is 35.5. The van der Waals surface area contributed by atoms with Crippen molar-refractivity contribution in [1.82, 2.24) is 9.88 Å². The molecule has 0 saturated heterocycles. The Balaban J connectivity index is 3.09. The minimum absolute atomic E-state index is 0.0776. The van der Waals surface area contributed by atoms with E-state index in [4.69, 9.17) is 11.6 Å². The van der Waals surface area contributed by atoms with Crippen molar-refractivity contribution in [2.45, 2.75) is 53.1 Å². The minimum Gasteiger partial charge on any atom is -0.481 e. The largest absolute Gasteiger partial charge is 0.481 e. The predicted octanol–water partition coefficient (Wildman–Crippen LogP) is 3.34. The van der Waals surface area contributed by atoms with Gasteiger partial charge < -0.3 is 15.0 Å². The zero-order chi connectivity index (χ0) is 16.6. The molecule has 0 spiro atoms. The number of amides is 1. The number of halogens is 1. The lowest BCUT2D eigenvalue weighted by Gasteiger charge is -2.38. The fourth-order valence-electron chi connectivity index (χ4n) is 1.83. The summed E-state index contributed by atoms with van der Waals surface area (Å²) >= 11 is 5.97. The second kappa shape index (κ2) is 5.72. The summed E-state index contributed by atoms with van der Waals surface area (Å²) in [7, 11) is 0. The van der Waals surface area contributed by atoms with E-state index in [2.05, 4.69) is 5.32 Å². The Morgan fingerprint density at radius 2 is 1.81 bits per heavy atom. The topological polar surface area (TPSA) is 71.3 Å². The number of carbonyl (C=O) groups excluding carboxylic acids is 1. The number of rotatable bonds is 5. The van der Waals surface area contributed by atoms with E-state index in [1.807, 2.05) is 13.8 Å². The van der Waals surface area contributed by atoms with Crippen LogP contribution in [0.2, 0.25) is 5.02 Å². The minimum atomic E-state index is -1.11. The molecule has 0 aliphatic carbocycles. The summed E-state index contributed by atoms with van der Waals surface area (Å²) < 4.78 is 1.77. The van der Waals surface area contributed by atoms with E-state index in [1.54, 1.807) is 44.5 Å². The van der Waals surface area contributed by atoms with E-state index >= 15 is 0 Å². The van der Waals surface area contributed by atoms with Crippen LogP contribution in [-0.2, 0) is 4.79 Å². The highest BCUT2D eigenvalue weighted by Crippen LogP contribution is 2.31. The molecule has 6 heteroatoms. The van der Waals surface area contributed by atoms with Gasteiger partial charge in [0, 0.05) is 12.2 Å². The lowest BCUT2D eigenvalue weighted by molar-refractivity contribution is -0.150. The van der Waals surface area contributed by atoms with Gasteiger partial charge in [-0.05, 0) is 47.6 Å². The number of hydrogen-bond acceptors (Lipinski definition) is 2. The van der Waals surface area contributed by atoms with Crippen LogP contribution in [0, 0.1) is 5.41 Å². The van der Waals surface area contributed by atoms with E-state index in [0.717, 1.165) is 0 Å². The van der Waals surface area contributed by atoms with Crippen LogP contribution >= 0.6 is 11.6 Å². The number of carbonyl (C=O) groups is 2. The van der Waals surface area contributed by atoms with Crippen molar-refractivity contribution >= 4 is 23.5 Å². The molecule has 0 bridgehead atoms. The molecular formula is C15H23ClN2O3. The van der Waals surface area contributed by atoms with Gasteiger partial charge in [-0.1, -0.05) is 11.6 Å². The van der Waals surface area contributed by atoms with Crippen LogP contribution in [0.1, 0.15) is 58.1 Å². The normalized spacial score (nSPS) is 12.6. The number of hydrogen-bond donors (Lipinski definition) is 2. The van der Waals surface area contributed by atoms with Gasteiger partial charge in [0.05, 0.1) is 16.0 Å². The van der Waals surface area contributed by atoms with Crippen molar-refractivity contribution in [2.24, 2.45) is 5.41 Å². The summed E-state index contributed by atoms with van der Waals surface area (Å²) in [5.41, 5.74) is -1.61. The molecule has 0 atom stereocenters. The molecule has 0 aliphatic rings. The first-order chi connectivity index (χ1) is 9.40. The molecule has 0 radical (unpaired) electrons. The van der Waals surface area contributed by atoms with Gasteiger partial charge >= 0.3 is 5.97 Å². The summed E-state index contributed by atoms with van der Waals surface area (Å²) in [6.07, 6.45) is 1.69. The molecule has 21 heavy (non-hydrogen) atoms. The standard InChI is InChI=1S/C15H23ClN2O3/c1-9(2)18-8-10(16)7-11(18)12(19)17-15(5,6)14(3,4)13(20)21/h7-9H,1-6H3,(H,17,19)(H,20,21). The second-order valence-electron chi connectivity index (χ2n) is 6.55. The third-order valence-electron chi connectivity index (χ3n) is 4.13. The van der Waals surface area contributed by atoms with Gasteiger partial charge in [-0.25, -0.2) is 0 Å². The highest BCUT2D eigenvalue weighted by molar-refractivity contribution is 6.31. The maximum atomic E-state index is 12.5. The number of carboxylic acids is 1. The summed E-state index contributed by atoms with van der Waals surface area (Å²) in [4.78, 5) is 23.9. The number of aromatic nitrogens is 1. The quantitative estimate of drug-likeness (QED) is 0.875. The summed E-state index contributed by atoms with van der Waals surface area (Å²) in [5.74, 6) is -1.31. The van der Waals surface area contributed by atoms with Crippen molar-refractivity contribution in [3.8, 4) is 0 Å². The van der Waals surface area contributed by atoms with Gasteiger partial charge in [0.25, 0.3) is 5.91 Å². The zero-order valence-corrected chi connectivity index (χ0v) is 14.1. The molecule has 0 aromatic carbocycles. The number of nitrogens with zero attached hydrogens (tertiary/aromatic N) is 1. The first-order valence-electron chi connectivity index (χ1n) is 6.83. The van der Waals surface area contributed by atoms with Gasteiger partial charge in [0.15, 0.2) is 0 Å². The first kappa shape index (κ1) is 17.6.